The number of hydrogen-bond acceptors (Lipinski definition) is 4. The van der Waals surface area contributed by atoms with Gasteiger partial charge in [-0.15, -0.1) is 0 Å². The van der Waals surface area contributed by atoms with Crippen molar-refractivity contribution < 1.29 is 19.1 Å². The summed E-state index contributed by atoms with van der Waals surface area (Å²) in [5.74, 6) is -0.302. The maximum atomic E-state index is 12.7. The third kappa shape index (κ3) is 4.47. The molecule has 146 valence electrons. The zero-order valence-electron chi connectivity index (χ0n) is 15.9. The number of likely N-dealkylation sites (tertiary alicyclic amines) is 1. The highest BCUT2D eigenvalue weighted by atomic mass is 16.5. The molecule has 1 aromatic rings. The predicted molar refractivity (Wildman–Crippen MR) is 100 cm³/mol. The second-order valence-electron chi connectivity index (χ2n) is 7.32. The van der Waals surface area contributed by atoms with Crippen LogP contribution in [0.4, 0.5) is 0 Å². The van der Waals surface area contributed by atoms with Crippen molar-refractivity contribution in [2.45, 2.75) is 43.9 Å². The number of nitrogens with zero attached hydrogens (tertiary/aromatic N) is 2. The fourth-order valence-corrected chi connectivity index (χ4v) is 3.69. The molecule has 0 aliphatic carbocycles. The lowest BCUT2D eigenvalue weighted by Gasteiger charge is -2.24. The molecule has 2 saturated heterocycles. The Morgan fingerprint density at radius 2 is 1.89 bits per heavy atom. The quantitative estimate of drug-likeness (QED) is 0.837. The molecule has 2 heterocycles. The number of hydrogen-bond donors (Lipinski definition) is 1. The Balaban J connectivity index is 1.52. The lowest BCUT2D eigenvalue weighted by Crippen LogP contribution is -2.47. The van der Waals surface area contributed by atoms with Gasteiger partial charge in [0.25, 0.3) is 11.8 Å². The topological polar surface area (TPSA) is 79.0 Å². The molecule has 3 unspecified atom stereocenters. The van der Waals surface area contributed by atoms with Gasteiger partial charge in [0.05, 0.1) is 6.10 Å². The molecule has 0 saturated carbocycles. The summed E-state index contributed by atoms with van der Waals surface area (Å²) in [6.07, 6.45) is 2.29. The predicted octanol–water partition coefficient (Wildman–Crippen LogP) is 1.04. The van der Waals surface area contributed by atoms with Crippen LogP contribution in [0.25, 0.3) is 0 Å². The van der Waals surface area contributed by atoms with Crippen molar-refractivity contribution in [3.05, 3.63) is 35.9 Å². The fraction of sp³-hybridized carbons (Fsp3) is 0.550. The summed E-state index contributed by atoms with van der Waals surface area (Å²) in [6.45, 7) is 0.949. The van der Waals surface area contributed by atoms with Gasteiger partial charge in [-0.2, -0.15) is 0 Å². The summed E-state index contributed by atoms with van der Waals surface area (Å²) >= 11 is 0. The largest absolute Gasteiger partial charge is 0.363 e. The first kappa shape index (κ1) is 19.4. The van der Waals surface area contributed by atoms with Gasteiger partial charge < -0.3 is 19.9 Å². The summed E-state index contributed by atoms with van der Waals surface area (Å²) in [6, 6.07) is 8.59. The summed E-state index contributed by atoms with van der Waals surface area (Å²) < 4.78 is 5.75. The van der Waals surface area contributed by atoms with Crippen LogP contribution in [0, 0.1) is 0 Å². The van der Waals surface area contributed by atoms with Crippen LogP contribution in [0.2, 0.25) is 0 Å². The molecule has 0 radical (unpaired) electrons. The number of carbonyl (C=O) groups is 3. The second kappa shape index (κ2) is 8.52. The number of rotatable bonds is 5. The van der Waals surface area contributed by atoms with E-state index in [2.05, 4.69) is 5.32 Å². The van der Waals surface area contributed by atoms with Crippen LogP contribution in [-0.2, 0) is 14.3 Å². The minimum Gasteiger partial charge on any atom is -0.363 e. The van der Waals surface area contributed by atoms with Gasteiger partial charge in [-0.05, 0) is 37.8 Å². The van der Waals surface area contributed by atoms with E-state index in [0.29, 0.717) is 31.5 Å². The van der Waals surface area contributed by atoms with E-state index in [1.165, 1.54) is 4.90 Å². The molecule has 3 amide bonds. The number of carbonyl (C=O) groups excluding carboxylic acids is 3. The molecule has 2 aliphatic rings. The lowest BCUT2D eigenvalue weighted by molar-refractivity contribution is -0.140. The second-order valence-corrected chi connectivity index (χ2v) is 7.32. The number of amides is 3. The molecule has 3 rings (SSSR count). The van der Waals surface area contributed by atoms with Crippen molar-refractivity contribution in [2.75, 3.05) is 27.2 Å². The SMILES string of the molecule is CN(C)C(=O)C1CCC(CNC(=O)C2CCCN2C(=O)c2ccccc2)O1. The number of nitrogens with one attached hydrogen (secondary N) is 1. The highest BCUT2D eigenvalue weighted by molar-refractivity contribution is 5.97. The molecule has 3 atom stereocenters. The van der Waals surface area contributed by atoms with Crippen LogP contribution in [0.3, 0.4) is 0 Å². The standard InChI is InChI=1S/C20H27N3O4/c1-22(2)20(26)17-11-10-15(27-17)13-21-18(24)16-9-6-12-23(16)19(25)14-7-4-3-5-8-14/h3-5,7-8,15-17H,6,9-13H2,1-2H3,(H,21,24). The van der Waals surface area contributed by atoms with Gasteiger partial charge in [0.15, 0.2) is 0 Å². The Morgan fingerprint density at radius 3 is 2.59 bits per heavy atom. The first-order valence-corrected chi connectivity index (χ1v) is 9.47. The molecule has 1 aromatic carbocycles. The van der Waals surface area contributed by atoms with Gasteiger partial charge in [-0.25, -0.2) is 0 Å². The van der Waals surface area contributed by atoms with Gasteiger partial charge in [-0.1, -0.05) is 18.2 Å². The van der Waals surface area contributed by atoms with Crippen LogP contribution >= 0.6 is 0 Å². The Bertz CT molecular complexity index is 692. The molecular weight excluding hydrogens is 346 g/mol. The van der Waals surface area contributed by atoms with Gasteiger partial charge in [0.1, 0.15) is 12.1 Å². The van der Waals surface area contributed by atoms with Crippen LogP contribution in [0.1, 0.15) is 36.0 Å². The third-order valence-corrected chi connectivity index (χ3v) is 5.16. The molecule has 0 aromatic heterocycles. The first-order valence-electron chi connectivity index (χ1n) is 9.47. The van der Waals surface area contributed by atoms with Crippen LogP contribution in [-0.4, -0.2) is 73.0 Å². The molecule has 0 bridgehead atoms. The monoisotopic (exact) mass is 373 g/mol. The number of likely N-dealkylation sites (N-methyl/N-ethyl adjacent to an activating group) is 1. The van der Waals surface area contributed by atoms with Crippen molar-refractivity contribution in [1.29, 1.82) is 0 Å². The van der Waals surface area contributed by atoms with Gasteiger partial charge in [0.2, 0.25) is 5.91 Å². The molecule has 1 N–H and O–H groups in total. The van der Waals surface area contributed by atoms with E-state index < -0.39 is 12.1 Å². The van der Waals surface area contributed by atoms with Crippen LogP contribution in [0.5, 0.6) is 0 Å². The number of benzene rings is 1. The normalized spacial score (nSPS) is 24.7. The first-order chi connectivity index (χ1) is 13.0. The zero-order valence-corrected chi connectivity index (χ0v) is 15.9. The molecule has 7 nitrogen and oxygen atoms in total. The van der Waals surface area contributed by atoms with Gasteiger partial charge in [0, 0.05) is 32.7 Å². The zero-order chi connectivity index (χ0) is 19.4. The molecule has 27 heavy (non-hydrogen) atoms. The molecule has 7 heteroatoms. The third-order valence-electron chi connectivity index (χ3n) is 5.16. The molecule has 2 fully saturated rings. The molecule has 0 spiro atoms. The van der Waals surface area contributed by atoms with E-state index in [9.17, 15) is 14.4 Å². The van der Waals surface area contributed by atoms with E-state index >= 15 is 0 Å². The average Bonchev–Trinajstić information content (AvgIpc) is 3.35. The van der Waals surface area contributed by atoms with Crippen molar-refractivity contribution in [3.8, 4) is 0 Å². The van der Waals surface area contributed by atoms with E-state index in [0.717, 1.165) is 12.8 Å². The Kier molecular flexibility index (Phi) is 6.11. The van der Waals surface area contributed by atoms with Crippen LogP contribution in [0.15, 0.2) is 30.3 Å². The number of ether oxygens (including phenoxy) is 1. The van der Waals surface area contributed by atoms with Crippen molar-refractivity contribution in [1.82, 2.24) is 15.1 Å². The van der Waals surface area contributed by atoms with Gasteiger partial charge >= 0.3 is 0 Å². The Labute approximate surface area is 159 Å². The smallest absolute Gasteiger partial charge is 0.254 e. The minimum atomic E-state index is -0.446. The maximum Gasteiger partial charge on any atom is 0.254 e. The highest BCUT2D eigenvalue weighted by Crippen LogP contribution is 2.22. The van der Waals surface area contributed by atoms with E-state index in [4.69, 9.17) is 4.74 Å². The van der Waals surface area contributed by atoms with Crippen molar-refractivity contribution >= 4 is 17.7 Å². The average molecular weight is 373 g/mol. The molecular formula is C20H27N3O4. The summed E-state index contributed by atoms with van der Waals surface area (Å²) in [5, 5.41) is 2.91. The van der Waals surface area contributed by atoms with Crippen molar-refractivity contribution in [3.63, 3.8) is 0 Å². The van der Waals surface area contributed by atoms with Gasteiger partial charge in [-0.3, -0.25) is 14.4 Å². The van der Waals surface area contributed by atoms with E-state index in [1.54, 1.807) is 31.1 Å². The Hall–Kier alpha value is -2.41. The minimum absolute atomic E-state index is 0.0424. The van der Waals surface area contributed by atoms with E-state index in [-0.39, 0.29) is 23.8 Å². The fourth-order valence-electron chi connectivity index (χ4n) is 3.69. The highest BCUT2D eigenvalue weighted by Gasteiger charge is 2.36. The summed E-state index contributed by atoms with van der Waals surface area (Å²) in [4.78, 5) is 40.5. The molecule has 2 aliphatic heterocycles. The summed E-state index contributed by atoms with van der Waals surface area (Å²) in [7, 11) is 3.42. The maximum absolute atomic E-state index is 12.7. The Morgan fingerprint density at radius 1 is 1.15 bits per heavy atom. The van der Waals surface area contributed by atoms with Crippen LogP contribution < -0.4 is 5.32 Å². The van der Waals surface area contributed by atoms with Crippen molar-refractivity contribution in [2.24, 2.45) is 0 Å². The van der Waals surface area contributed by atoms with E-state index in [1.807, 2.05) is 18.2 Å². The lowest BCUT2D eigenvalue weighted by atomic mass is 10.1. The summed E-state index contributed by atoms with van der Waals surface area (Å²) in [5.41, 5.74) is 0.598.